The van der Waals surface area contributed by atoms with Gasteiger partial charge in [0.15, 0.2) is 0 Å². The molecule has 5 nitrogen and oxygen atoms in total. The Balaban J connectivity index is 1.84. The number of nitrogens with zero attached hydrogens (tertiary/aromatic N) is 1. The summed E-state index contributed by atoms with van der Waals surface area (Å²) in [6.07, 6.45) is 0. The van der Waals surface area contributed by atoms with Crippen LogP contribution in [0.4, 0.5) is 0 Å². The summed E-state index contributed by atoms with van der Waals surface area (Å²) in [6, 6.07) is 9.06. The fraction of sp³-hybridized carbons (Fsp3) is 0.133. The molecule has 0 saturated carbocycles. The Morgan fingerprint density at radius 2 is 2.10 bits per heavy atom. The van der Waals surface area contributed by atoms with Crippen LogP contribution in [-0.2, 0) is 6.54 Å². The quantitative estimate of drug-likeness (QED) is 0.778. The van der Waals surface area contributed by atoms with Crippen LogP contribution in [0.25, 0.3) is 10.8 Å². The molecule has 0 aliphatic carbocycles. The average Bonchev–Trinajstić information content (AvgIpc) is 2.93. The van der Waals surface area contributed by atoms with Crippen molar-refractivity contribution in [1.82, 2.24) is 15.5 Å². The number of fused-ring (bicyclic) bond motifs is 1. The molecule has 2 N–H and O–H groups in total. The van der Waals surface area contributed by atoms with Crippen LogP contribution in [0.3, 0.4) is 0 Å². The van der Waals surface area contributed by atoms with E-state index in [0.717, 1.165) is 10.9 Å². The van der Waals surface area contributed by atoms with E-state index in [9.17, 15) is 9.59 Å². The van der Waals surface area contributed by atoms with E-state index in [0.29, 0.717) is 16.0 Å². The van der Waals surface area contributed by atoms with Crippen molar-refractivity contribution >= 4 is 28.0 Å². The Morgan fingerprint density at radius 1 is 1.33 bits per heavy atom. The van der Waals surface area contributed by atoms with Crippen molar-refractivity contribution in [2.45, 2.75) is 13.5 Å². The highest BCUT2D eigenvalue weighted by Gasteiger charge is 2.10. The van der Waals surface area contributed by atoms with Crippen molar-refractivity contribution in [3.05, 3.63) is 62.2 Å². The van der Waals surface area contributed by atoms with E-state index in [-0.39, 0.29) is 18.0 Å². The summed E-state index contributed by atoms with van der Waals surface area (Å²) in [5, 5.41) is 12.6. The molecule has 0 aliphatic rings. The van der Waals surface area contributed by atoms with Crippen LogP contribution in [0, 0.1) is 6.92 Å². The maximum Gasteiger partial charge on any atom is 0.272 e. The Kier molecular flexibility index (Phi) is 3.53. The van der Waals surface area contributed by atoms with Crippen molar-refractivity contribution in [3.63, 3.8) is 0 Å². The first-order valence-corrected chi connectivity index (χ1v) is 7.33. The van der Waals surface area contributed by atoms with Gasteiger partial charge in [-0.05, 0) is 30.0 Å². The van der Waals surface area contributed by atoms with Crippen molar-refractivity contribution in [2.24, 2.45) is 0 Å². The van der Waals surface area contributed by atoms with Gasteiger partial charge in [-0.3, -0.25) is 9.59 Å². The molecule has 2 aromatic heterocycles. The lowest BCUT2D eigenvalue weighted by molar-refractivity contribution is 0.0954. The zero-order valence-electron chi connectivity index (χ0n) is 11.3. The van der Waals surface area contributed by atoms with Crippen LogP contribution >= 0.6 is 11.3 Å². The molecule has 0 aliphatic heterocycles. The highest BCUT2D eigenvalue weighted by atomic mass is 32.1. The molecule has 106 valence electrons. The van der Waals surface area contributed by atoms with Crippen molar-refractivity contribution in [1.29, 1.82) is 0 Å². The standard InChI is InChI=1S/C15H13N3O2S/c1-9-6-13(21-8-9)15(20)16-7-12-10-4-2-3-5-11(10)14(19)18-17-12/h2-6,8H,7H2,1H3,(H,16,20)(H,18,19). The maximum atomic E-state index is 12.0. The number of thiophene rings is 1. The highest BCUT2D eigenvalue weighted by Crippen LogP contribution is 2.15. The number of nitrogens with one attached hydrogen (secondary N) is 2. The SMILES string of the molecule is Cc1csc(C(=O)NCc2n[nH]c(=O)c3ccccc23)c1. The first kappa shape index (κ1) is 13.5. The molecule has 2 heterocycles. The summed E-state index contributed by atoms with van der Waals surface area (Å²) >= 11 is 1.41. The molecule has 6 heteroatoms. The first-order chi connectivity index (χ1) is 10.1. The van der Waals surface area contributed by atoms with Gasteiger partial charge in [-0.15, -0.1) is 11.3 Å². The second kappa shape index (κ2) is 5.49. The third-order valence-corrected chi connectivity index (χ3v) is 4.19. The van der Waals surface area contributed by atoms with Gasteiger partial charge >= 0.3 is 0 Å². The van der Waals surface area contributed by atoms with E-state index >= 15 is 0 Å². The average molecular weight is 299 g/mol. The smallest absolute Gasteiger partial charge is 0.272 e. The number of carbonyl (C=O) groups is 1. The number of hydrogen-bond acceptors (Lipinski definition) is 4. The van der Waals surface area contributed by atoms with Crippen molar-refractivity contribution < 1.29 is 4.79 Å². The van der Waals surface area contributed by atoms with Gasteiger partial charge in [0.2, 0.25) is 0 Å². The largest absolute Gasteiger partial charge is 0.346 e. The van der Waals surface area contributed by atoms with Gasteiger partial charge in [0, 0.05) is 5.39 Å². The number of aromatic amines is 1. The number of carbonyl (C=O) groups excluding carboxylic acids is 1. The van der Waals surface area contributed by atoms with E-state index in [4.69, 9.17) is 0 Å². The topological polar surface area (TPSA) is 74.8 Å². The van der Waals surface area contributed by atoms with Crippen LogP contribution in [0.2, 0.25) is 0 Å². The minimum atomic E-state index is -0.227. The van der Waals surface area contributed by atoms with Gasteiger partial charge in [-0.1, -0.05) is 18.2 Å². The second-order valence-electron chi connectivity index (χ2n) is 4.72. The number of aryl methyl sites for hydroxylation is 1. The lowest BCUT2D eigenvalue weighted by Gasteiger charge is -2.06. The lowest BCUT2D eigenvalue weighted by Crippen LogP contribution is -2.24. The van der Waals surface area contributed by atoms with E-state index < -0.39 is 0 Å². The maximum absolute atomic E-state index is 12.0. The molecule has 0 radical (unpaired) electrons. The molecule has 21 heavy (non-hydrogen) atoms. The summed E-state index contributed by atoms with van der Waals surface area (Å²) in [7, 11) is 0. The Bertz CT molecular complexity index is 866. The number of aromatic nitrogens is 2. The molecule has 0 saturated heterocycles. The summed E-state index contributed by atoms with van der Waals surface area (Å²) in [5.74, 6) is -0.134. The molecule has 0 spiro atoms. The van der Waals surface area contributed by atoms with Crippen molar-refractivity contribution in [2.75, 3.05) is 0 Å². The van der Waals surface area contributed by atoms with Gasteiger partial charge in [-0.25, -0.2) is 5.10 Å². The minimum Gasteiger partial charge on any atom is -0.346 e. The van der Waals surface area contributed by atoms with Crippen LogP contribution < -0.4 is 10.9 Å². The summed E-state index contributed by atoms with van der Waals surface area (Å²) in [6.45, 7) is 2.22. The normalized spacial score (nSPS) is 10.7. The number of benzene rings is 1. The Labute approximate surface area is 124 Å². The third kappa shape index (κ3) is 2.71. The zero-order chi connectivity index (χ0) is 14.8. The minimum absolute atomic E-state index is 0.134. The van der Waals surface area contributed by atoms with Crippen molar-refractivity contribution in [3.8, 4) is 0 Å². The molecular weight excluding hydrogens is 286 g/mol. The third-order valence-electron chi connectivity index (χ3n) is 3.15. The molecule has 1 aromatic carbocycles. The highest BCUT2D eigenvalue weighted by molar-refractivity contribution is 7.12. The van der Waals surface area contributed by atoms with Gasteiger partial charge in [-0.2, -0.15) is 5.10 Å². The van der Waals surface area contributed by atoms with E-state index in [1.165, 1.54) is 11.3 Å². The second-order valence-corrected chi connectivity index (χ2v) is 5.63. The molecule has 0 atom stereocenters. The summed E-state index contributed by atoms with van der Waals surface area (Å²) in [5.41, 5.74) is 1.49. The molecule has 0 fully saturated rings. The van der Waals surface area contributed by atoms with Crippen LogP contribution in [0.15, 0.2) is 40.5 Å². The molecule has 0 unspecified atom stereocenters. The number of H-pyrrole nitrogens is 1. The van der Waals surface area contributed by atoms with E-state index in [2.05, 4.69) is 15.5 Å². The number of amides is 1. The molecular formula is C15H13N3O2S. The predicted molar refractivity (Wildman–Crippen MR) is 82.6 cm³/mol. The number of hydrogen-bond donors (Lipinski definition) is 2. The Hall–Kier alpha value is -2.47. The summed E-state index contributed by atoms with van der Waals surface area (Å²) < 4.78 is 0. The van der Waals surface area contributed by atoms with Gasteiger partial charge in [0.25, 0.3) is 11.5 Å². The van der Waals surface area contributed by atoms with E-state index in [1.54, 1.807) is 12.1 Å². The van der Waals surface area contributed by atoms with Crippen LogP contribution in [0.5, 0.6) is 0 Å². The zero-order valence-corrected chi connectivity index (χ0v) is 12.2. The monoisotopic (exact) mass is 299 g/mol. The fourth-order valence-electron chi connectivity index (χ4n) is 2.11. The number of rotatable bonds is 3. The molecule has 0 bridgehead atoms. The van der Waals surface area contributed by atoms with Gasteiger partial charge in [0.1, 0.15) is 0 Å². The summed E-state index contributed by atoms with van der Waals surface area (Å²) in [4.78, 5) is 24.4. The lowest BCUT2D eigenvalue weighted by atomic mass is 10.1. The fourth-order valence-corrected chi connectivity index (χ4v) is 2.92. The van der Waals surface area contributed by atoms with Gasteiger partial charge in [0.05, 0.1) is 22.5 Å². The van der Waals surface area contributed by atoms with Crippen LogP contribution in [-0.4, -0.2) is 16.1 Å². The van der Waals surface area contributed by atoms with E-state index in [1.807, 2.05) is 30.5 Å². The molecule has 1 amide bonds. The molecule has 3 aromatic rings. The Morgan fingerprint density at radius 3 is 2.81 bits per heavy atom. The predicted octanol–water partition coefficient (Wildman–Crippen LogP) is 2.22. The first-order valence-electron chi connectivity index (χ1n) is 6.45. The van der Waals surface area contributed by atoms with Gasteiger partial charge < -0.3 is 5.32 Å². The van der Waals surface area contributed by atoms with Crippen LogP contribution in [0.1, 0.15) is 20.9 Å². The molecule has 3 rings (SSSR count).